The molecule has 0 radical (unpaired) electrons. The number of nitrogens with one attached hydrogen (secondary N) is 2. The van der Waals surface area contributed by atoms with Crippen molar-refractivity contribution >= 4 is 17.3 Å². The molecule has 1 saturated heterocycles. The molecule has 2 rings (SSSR count). The topological polar surface area (TPSA) is 67.8 Å². The van der Waals surface area contributed by atoms with E-state index in [1.807, 2.05) is 13.8 Å². The van der Waals surface area contributed by atoms with Gasteiger partial charge in [0.25, 0.3) is 0 Å². The summed E-state index contributed by atoms with van der Waals surface area (Å²) in [7, 11) is 1.79. The molecule has 130 valence electrons. The van der Waals surface area contributed by atoms with Crippen LogP contribution in [0.4, 0.5) is 0 Å². The van der Waals surface area contributed by atoms with Crippen molar-refractivity contribution < 1.29 is 9.47 Å². The number of aryl methyl sites for hydroxylation is 2. The lowest BCUT2D eigenvalue weighted by atomic mass is 10.1. The number of thiazole rings is 1. The van der Waals surface area contributed by atoms with Crippen LogP contribution >= 0.6 is 11.3 Å². The van der Waals surface area contributed by atoms with Crippen LogP contribution in [0.25, 0.3) is 0 Å². The van der Waals surface area contributed by atoms with E-state index < -0.39 is 0 Å². The smallest absolute Gasteiger partial charge is 0.191 e. The highest BCUT2D eigenvalue weighted by atomic mass is 32.1. The SMILES string of the molecule is CN=C(NCCCOCC1CCOC1)NCc1sc(C)nc1C. The van der Waals surface area contributed by atoms with Crippen LogP contribution in [0.1, 0.15) is 28.4 Å². The Labute approximate surface area is 142 Å². The molecule has 0 amide bonds. The quantitative estimate of drug-likeness (QED) is 0.430. The van der Waals surface area contributed by atoms with Gasteiger partial charge in [0.15, 0.2) is 5.96 Å². The van der Waals surface area contributed by atoms with Gasteiger partial charge in [0.05, 0.1) is 30.5 Å². The summed E-state index contributed by atoms with van der Waals surface area (Å²) in [6.07, 6.45) is 2.10. The lowest BCUT2D eigenvalue weighted by molar-refractivity contribution is 0.0888. The van der Waals surface area contributed by atoms with Crippen molar-refractivity contribution in [3.8, 4) is 0 Å². The molecule has 1 aromatic heterocycles. The highest BCUT2D eigenvalue weighted by Crippen LogP contribution is 2.16. The van der Waals surface area contributed by atoms with Crippen molar-refractivity contribution in [3.05, 3.63) is 15.6 Å². The van der Waals surface area contributed by atoms with E-state index in [2.05, 4.69) is 20.6 Å². The predicted molar refractivity (Wildman–Crippen MR) is 94.2 cm³/mol. The van der Waals surface area contributed by atoms with Gasteiger partial charge in [0.2, 0.25) is 0 Å². The Morgan fingerprint density at radius 2 is 2.30 bits per heavy atom. The van der Waals surface area contributed by atoms with Crippen LogP contribution in [0.2, 0.25) is 0 Å². The Hall–Kier alpha value is -1.18. The highest BCUT2D eigenvalue weighted by Gasteiger charge is 2.15. The molecule has 23 heavy (non-hydrogen) atoms. The maximum absolute atomic E-state index is 5.69. The Morgan fingerprint density at radius 3 is 2.96 bits per heavy atom. The van der Waals surface area contributed by atoms with Crippen molar-refractivity contribution in [1.29, 1.82) is 0 Å². The van der Waals surface area contributed by atoms with E-state index in [4.69, 9.17) is 9.47 Å². The zero-order valence-corrected chi connectivity index (χ0v) is 15.2. The molecule has 0 aromatic carbocycles. The van der Waals surface area contributed by atoms with Crippen LogP contribution in [-0.2, 0) is 16.0 Å². The fourth-order valence-corrected chi connectivity index (χ4v) is 3.34. The number of nitrogens with zero attached hydrogens (tertiary/aromatic N) is 2. The normalized spacial score (nSPS) is 18.4. The lowest BCUT2D eigenvalue weighted by Gasteiger charge is -2.12. The fraction of sp³-hybridized carbons (Fsp3) is 0.750. The lowest BCUT2D eigenvalue weighted by Crippen LogP contribution is -2.37. The number of rotatable bonds is 8. The molecule has 1 unspecified atom stereocenters. The minimum Gasteiger partial charge on any atom is -0.381 e. The van der Waals surface area contributed by atoms with E-state index in [0.717, 1.165) is 69.0 Å². The maximum atomic E-state index is 5.69. The first-order valence-corrected chi connectivity index (χ1v) is 9.03. The first-order valence-electron chi connectivity index (χ1n) is 8.22. The Bertz CT molecular complexity index is 498. The van der Waals surface area contributed by atoms with Gasteiger partial charge in [-0.3, -0.25) is 4.99 Å². The third-order valence-corrected chi connectivity index (χ3v) is 4.85. The van der Waals surface area contributed by atoms with Gasteiger partial charge < -0.3 is 20.1 Å². The number of aromatic nitrogens is 1. The van der Waals surface area contributed by atoms with E-state index >= 15 is 0 Å². The van der Waals surface area contributed by atoms with Gasteiger partial charge in [-0.1, -0.05) is 0 Å². The second-order valence-electron chi connectivity index (χ2n) is 5.75. The molecule has 0 saturated carbocycles. The van der Waals surface area contributed by atoms with E-state index in [1.54, 1.807) is 18.4 Å². The molecule has 7 heteroatoms. The molecule has 1 aliphatic rings. The van der Waals surface area contributed by atoms with E-state index in [0.29, 0.717) is 5.92 Å². The second-order valence-corrected chi connectivity index (χ2v) is 7.04. The minimum atomic E-state index is 0.587. The first-order chi connectivity index (χ1) is 11.2. The minimum absolute atomic E-state index is 0.587. The Morgan fingerprint density at radius 1 is 1.43 bits per heavy atom. The summed E-state index contributed by atoms with van der Waals surface area (Å²) in [5.41, 5.74) is 1.10. The molecule has 1 fully saturated rings. The zero-order valence-electron chi connectivity index (χ0n) is 14.4. The van der Waals surface area contributed by atoms with Crippen molar-refractivity contribution in [2.45, 2.75) is 33.2 Å². The van der Waals surface area contributed by atoms with E-state index in [-0.39, 0.29) is 0 Å². The van der Waals surface area contributed by atoms with E-state index in [9.17, 15) is 0 Å². The second kappa shape index (κ2) is 9.85. The summed E-state index contributed by atoms with van der Waals surface area (Å²) in [5.74, 6) is 1.41. The van der Waals surface area contributed by atoms with Crippen molar-refractivity contribution in [3.63, 3.8) is 0 Å². The summed E-state index contributed by atoms with van der Waals surface area (Å²) in [6.45, 7) is 9.01. The first kappa shape index (κ1) is 18.2. The maximum Gasteiger partial charge on any atom is 0.191 e. The van der Waals surface area contributed by atoms with Gasteiger partial charge in [0, 0.05) is 37.6 Å². The molecule has 0 bridgehead atoms. The van der Waals surface area contributed by atoms with Crippen molar-refractivity contribution in [2.24, 2.45) is 10.9 Å². The molecular weight excluding hydrogens is 312 g/mol. The van der Waals surface area contributed by atoms with Crippen LogP contribution in [-0.4, -0.2) is 51.0 Å². The van der Waals surface area contributed by atoms with E-state index in [1.165, 1.54) is 4.88 Å². The largest absolute Gasteiger partial charge is 0.381 e. The van der Waals surface area contributed by atoms with Gasteiger partial charge in [-0.2, -0.15) is 0 Å². The molecule has 0 spiro atoms. The molecule has 0 aliphatic carbocycles. The van der Waals surface area contributed by atoms with Crippen LogP contribution in [0.5, 0.6) is 0 Å². The number of ether oxygens (including phenoxy) is 2. The number of hydrogen-bond acceptors (Lipinski definition) is 5. The van der Waals surface area contributed by atoms with Crippen LogP contribution in [0, 0.1) is 19.8 Å². The number of hydrogen-bond donors (Lipinski definition) is 2. The molecule has 2 heterocycles. The molecule has 1 aromatic rings. The van der Waals surface area contributed by atoms with Gasteiger partial charge in [-0.25, -0.2) is 4.98 Å². The van der Waals surface area contributed by atoms with Gasteiger partial charge in [-0.15, -0.1) is 11.3 Å². The van der Waals surface area contributed by atoms with Gasteiger partial charge >= 0.3 is 0 Å². The zero-order chi connectivity index (χ0) is 16.5. The molecular formula is C16H28N4O2S. The Balaban J connectivity index is 1.55. The van der Waals surface area contributed by atoms with Crippen molar-refractivity contribution in [1.82, 2.24) is 15.6 Å². The summed E-state index contributed by atoms with van der Waals surface area (Å²) in [5, 5.41) is 7.74. The average Bonchev–Trinajstić information content (AvgIpc) is 3.15. The third kappa shape index (κ3) is 6.45. The van der Waals surface area contributed by atoms with Crippen LogP contribution < -0.4 is 10.6 Å². The molecule has 6 nitrogen and oxygen atoms in total. The number of aliphatic imine (C=N–C) groups is 1. The third-order valence-electron chi connectivity index (χ3n) is 3.78. The van der Waals surface area contributed by atoms with Gasteiger partial charge in [-0.05, 0) is 26.7 Å². The average molecular weight is 340 g/mol. The van der Waals surface area contributed by atoms with Crippen LogP contribution in [0.3, 0.4) is 0 Å². The van der Waals surface area contributed by atoms with Gasteiger partial charge in [0.1, 0.15) is 0 Å². The summed E-state index contributed by atoms with van der Waals surface area (Å²) in [4.78, 5) is 9.93. The number of guanidine groups is 1. The highest BCUT2D eigenvalue weighted by molar-refractivity contribution is 7.11. The summed E-state index contributed by atoms with van der Waals surface area (Å²) < 4.78 is 11.0. The molecule has 1 aliphatic heterocycles. The monoisotopic (exact) mass is 340 g/mol. The standard InChI is InChI=1S/C16H28N4O2S/c1-12-15(23-13(2)20-12)9-19-16(17-3)18-6-4-7-21-10-14-5-8-22-11-14/h14H,4-11H2,1-3H3,(H2,17,18,19). The molecule has 1 atom stereocenters. The summed E-state index contributed by atoms with van der Waals surface area (Å²) in [6, 6.07) is 0. The predicted octanol–water partition coefficient (Wildman–Crippen LogP) is 1.87. The fourth-order valence-electron chi connectivity index (χ4n) is 2.47. The Kier molecular flexibility index (Phi) is 7.78. The summed E-state index contributed by atoms with van der Waals surface area (Å²) >= 11 is 1.73. The molecule has 2 N–H and O–H groups in total. The van der Waals surface area contributed by atoms with Crippen LogP contribution in [0.15, 0.2) is 4.99 Å². The van der Waals surface area contributed by atoms with Crippen molar-refractivity contribution in [2.75, 3.05) is 40.0 Å².